The quantitative estimate of drug-likeness (QED) is 0.822. The van der Waals surface area contributed by atoms with Crippen molar-refractivity contribution in [2.45, 2.75) is 25.8 Å². The molecule has 1 amide bonds. The van der Waals surface area contributed by atoms with Gasteiger partial charge in [0.1, 0.15) is 4.88 Å². The zero-order valence-electron chi connectivity index (χ0n) is 11.8. The minimum atomic E-state index is -0.0342. The zero-order chi connectivity index (χ0) is 14.4. The van der Waals surface area contributed by atoms with Gasteiger partial charge in [-0.1, -0.05) is 11.8 Å². The van der Waals surface area contributed by atoms with Gasteiger partial charge in [0.25, 0.3) is 5.91 Å². The highest BCUT2D eigenvalue weighted by Gasteiger charge is 2.18. The Kier molecular flexibility index (Phi) is 5.60. The summed E-state index contributed by atoms with van der Waals surface area (Å²) in [6.45, 7) is 5.57. The number of likely N-dealkylation sites (tertiary alicyclic amines) is 1. The van der Waals surface area contributed by atoms with Crippen LogP contribution in [0, 0.1) is 11.8 Å². The lowest BCUT2D eigenvalue weighted by atomic mass is 10.2. The molecule has 1 aliphatic heterocycles. The molecular formula is C15H21N3OS. The van der Waals surface area contributed by atoms with Gasteiger partial charge in [0.2, 0.25) is 0 Å². The number of amides is 1. The van der Waals surface area contributed by atoms with E-state index in [0.717, 1.165) is 25.2 Å². The first-order chi connectivity index (χ1) is 9.70. The summed E-state index contributed by atoms with van der Waals surface area (Å²) in [6, 6.07) is 2.02. The molecule has 0 radical (unpaired) electrons. The number of carbonyl (C=O) groups excluding carboxylic acids is 1. The number of hydrogen-bond donors (Lipinski definition) is 2. The third-order valence-electron chi connectivity index (χ3n) is 3.30. The fourth-order valence-electron chi connectivity index (χ4n) is 2.42. The van der Waals surface area contributed by atoms with Crippen LogP contribution in [0.15, 0.2) is 11.4 Å². The SMILES string of the molecule is CC(CN1CCCC1)NC(=O)c1sccc1C#CCN. The van der Waals surface area contributed by atoms with Gasteiger partial charge in [0.05, 0.1) is 6.54 Å². The van der Waals surface area contributed by atoms with Crippen LogP contribution in [0.3, 0.4) is 0 Å². The Morgan fingerprint density at radius 2 is 2.30 bits per heavy atom. The minimum Gasteiger partial charge on any atom is -0.348 e. The molecule has 1 aromatic heterocycles. The van der Waals surface area contributed by atoms with Crippen molar-refractivity contribution in [3.8, 4) is 11.8 Å². The number of rotatable bonds is 4. The minimum absolute atomic E-state index is 0.0342. The van der Waals surface area contributed by atoms with Gasteiger partial charge in [-0.15, -0.1) is 11.3 Å². The molecule has 2 heterocycles. The molecule has 0 aromatic carbocycles. The molecule has 1 aromatic rings. The number of hydrogen-bond acceptors (Lipinski definition) is 4. The van der Waals surface area contributed by atoms with Crippen molar-refractivity contribution in [1.82, 2.24) is 10.2 Å². The van der Waals surface area contributed by atoms with Gasteiger partial charge in [0.15, 0.2) is 0 Å². The van der Waals surface area contributed by atoms with Crippen LogP contribution in [-0.2, 0) is 0 Å². The lowest BCUT2D eigenvalue weighted by Gasteiger charge is -2.21. The van der Waals surface area contributed by atoms with Crippen molar-refractivity contribution in [2.24, 2.45) is 5.73 Å². The van der Waals surface area contributed by atoms with E-state index in [1.54, 1.807) is 0 Å². The third kappa shape index (κ3) is 4.07. The molecule has 0 bridgehead atoms. The number of nitrogens with zero attached hydrogens (tertiary/aromatic N) is 1. The molecule has 2 rings (SSSR count). The zero-order valence-corrected chi connectivity index (χ0v) is 12.6. The first-order valence-corrected chi connectivity index (χ1v) is 7.88. The van der Waals surface area contributed by atoms with Crippen LogP contribution in [-0.4, -0.2) is 43.0 Å². The van der Waals surface area contributed by atoms with Gasteiger partial charge in [-0.2, -0.15) is 0 Å². The first kappa shape index (κ1) is 15.0. The lowest BCUT2D eigenvalue weighted by molar-refractivity contribution is 0.0936. The molecule has 1 aliphatic rings. The van der Waals surface area contributed by atoms with Gasteiger partial charge >= 0.3 is 0 Å². The molecule has 0 aliphatic carbocycles. The predicted octanol–water partition coefficient (Wildman–Crippen LogP) is 1.27. The third-order valence-corrected chi connectivity index (χ3v) is 4.22. The highest BCUT2D eigenvalue weighted by molar-refractivity contribution is 7.12. The summed E-state index contributed by atoms with van der Waals surface area (Å²) in [5, 5.41) is 4.95. The molecule has 3 N–H and O–H groups in total. The molecule has 1 saturated heterocycles. The van der Waals surface area contributed by atoms with Crippen LogP contribution < -0.4 is 11.1 Å². The molecule has 0 spiro atoms. The highest BCUT2D eigenvalue weighted by Crippen LogP contribution is 2.16. The van der Waals surface area contributed by atoms with Crippen LogP contribution >= 0.6 is 11.3 Å². The Bertz CT molecular complexity index is 509. The number of nitrogens with two attached hydrogens (primary N) is 1. The molecular weight excluding hydrogens is 270 g/mol. The van der Waals surface area contributed by atoms with Crippen LogP contribution in [0.4, 0.5) is 0 Å². The van der Waals surface area contributed by atoms with E-state index >= 15 is 0 Å². The Morgan fingerprint density at radius 1 is 1.55 bits per heavy atom. The van der Waals surface area contributed by atoms with Crippen LogP contribution in [0.1, 0.15) is 35.0 Å². The van der Waals surface area contributed by atoms with E-state index in [4.69, 9.17) is 5.73 Å². The van der Waals surface area contributed by atoms with Crippen LogP contribution in [0.25, 0.3) is 0 Å². The Labute approximate surface area is 124 Å². The summed E-state index contributed by atoms with van der Waals surface area (Å²) >= 11 is 1.42. The first-order valence-electron chi connectivity index (χ1n) is 7.00. The Morgan fingerprint density at radius 3 is 3.00 bits per heavy atom. The molecule has 5 heteroatoms. The summed E-state index contributed by atoms with van der Waals surface area (Å²) in [4.78, 5) is 15.3. The largest absolute Gasteiger partial charge is 0.348 e. The standard InChI is InChI=1S/C15H21N3OS/c1-12(11-18-8-2-3-9-18)17-15(19)14-13(5-4-7-16)6-10-20-14/h6,10,12H,2-3,7-9,11,16H2,1H3,(H,17,19). The molecule has 108 valence electrons. The smallest absolute Gasteiger partial charge is 0.262 e. The van der Waals surface area contributed by atoms with Crippen LogP contribution in [0.5, 0.6) is 0 Å². The summed E-state index contributed by atoms with van der Waals surface area (Å²) in [5.41, 5.74) is 6.14. The van der Waals surface area contributed by atoms with Crippen molar-refractivity contribution in [2.75, 3.05) is 26.2 Å². The lowest BCUT2D eigenvalue weighted by Crippen LogP contribution is -2.41. The maximum Gasteiger partial charge on any atom is 0.262 e. The van der Waals surface area contributed by atoms with Crippen molar-refractivity contribution < 1.29 is 4.79 Å². The van der Waals surface area contributed by atoms with E-state index < -0.39 is 0 Å². The second-order valence-corrected chi connectivity index (χ2v) is 5.97. The summed E-state index contributed by atoms with van der Waals surface area (Å²) in [7, 11) is 0. The fraction of sp³-hybridized carbons (Fsp3) is 0.533. The molecule has 0 saturated carbocycles. The Hall–Kier alpha value is -1.35. The normalized spacial score (nSPS) is 16.5. The van der Waals surface area contributed by atoms with Gasteiger partial charge in [-0.3, -0.25) is 4.79 Å². The van der Waals surface area contributed by atoms with E-state index in [1.165, 1.54) is 24.2 Å². The van der Waals surface area contributed by atoms with Gasteiger partial charge in [0, 0.05) is 18.2 Å². The average molecular weight is 291 g/mol. The van der Waals surface area contributed by atoms with Crippen molar-refractivity contribution in [3.63, 3.8) is 0 Å². The second kappa shape index (κ2) is 7.44. The summed E-state index contributed by atoms with van der Waals surface area (Å²) in [5.74, 6) is 5.70. The summed E-state index contributed by atoms with van der Waals surface area (Å²) in [6.07, 6.45) is 2.54. The average Bonchev–Trinajstić information content (AvgIpc) is 3.06. The number of carbonyl (C=O) groups is 1. The molecule has 1 atom stereocenters. The fourth-order valence-corrected chi connectivity index (χ4v) is 3.17. The highest BCUT2D eigenvalue weighted by atomic mass is 32.1. The molecule has 4 nitrogen and oxygen atoms in total. The molecule has 1 unspecified atom stereocenters. The van der Waals surface area contributed by atoms with Gasteiger partial charge in [-0.25, -0.2) is 0 Å². The van der Waals surface area contributed by atoms with E-state index in [9.17, 15) is 4.79 Å². The monoisotopic (exact) mass is 291 g/mol. The number of nitrogens with one attached hydrogen (secondary N) is 1. The maximum absolute atomic E-state index is 12.3. The van der Waals surface area contributed by atoms with E-state index in [-0.39, 0.29) is 11.9 Å². The van der Waals surface area contributed by atoms with E-state index in [1.807, 2.05) is 11.4 Å². The Balaban J connectivity index is 1.92. The summed E-state index contributed by atoms with van der Waals surface area (Å²) < 4.78 is 0. The molecule has 20 heavy (non-hydrogen) atoms. The predicted molar refractivity (Wildman–Crippen MR) is 82.9 cm³/mol. The second-order valence-electron chi connectivity index (χ2n) is 5.05. The van der Waals surface area contributed by atoms with Gasteiger partial charge < -0.3 is 16.0 Å². The number of thiophene rings is 1. The maximum atomic E-state index is 12.3. The van der Waals surface area contributed by atoms with E-state index in [0.29, 0.717) is 11.4 Å². The van der Waals surface area contributed by atoms with E-state index in [2.05, 4.69) is 29.0 Å². The van der Waals surface area contributed by atoms with Crippen molar-refractivity contribution >= 4 is 17.2 Å². The topological polar surface area (TPSA) is 58.4 Å². The van der Waals surface area contributed by atoms with Crippen molar-refractivity contribution in [3.05, 3.63) is 21.9 Å². The van der Waals surface area contributed by atoms with Gasteiger partial charge in [-0.05, 0) is 44.3 Å². The molecule has 1 fully saturated rings. The van der Waals surface area contributed by atoms with Crippen molar-refractivity contribution in [1.29, 1.82) is 0 Å². The van der Waals surface area contributed by atoms with Crippen LogP contribution in [0.2, 0.25) is 0 Å².